The Morgan fingerprint density at radius 3 is 2.87 bits per heavy atom. The Kier molecular flexibility index (Phi) is 5.16. The van der Waals surface area contributed by atoms with Gasteiger partial charge in [0.25, 0.3) is 5.56 Å². The van der Waals surface area contributed by atoms with Gasteiger partial charge in [0.1, 0.15) is 11.4 Å². The number of fused-ring (bicyclic) bond motifs is 1. The van der Waals surface area contributed by atoms with Gasteiger partial charge < -0.3 is 10.2 Å². The number of carbonyl (C=O) groups excluding carboxylic acids is 2. The van der Waals surface area contributed by atoms with E-state index in [2.05, 4.69) is 10.3 Å². The van der Waals surface area contributed by atoms with Gasteiger partial charge in [0.15, 0.2) is 0 Å². The SMILES string of the molecule is O=C(NC1CC1)C1CCCN(C(=O)Cn2cnc3scc(-c4cccs4)c3c2=O)C1. The van der Waals surface area contributed by atoms with Crippen LogP contribution in [0.4, 0.5) is 0 Å². The molecule has 156 valence electrons. The lowest BCUT2D eigenvalue weighted by molar-refractivity contribution is -0.136. The van der Waals surface area contributed by atoms with E-state index in [9.17, 15) is 14.4 Å². The number of hydrogen-bond acceptors (Lipinski definition) is 6. The number of carbonyl (C=O) groups is 2. The van der Waals surface area contributed by atoms with E-state index in [-0.39, 0.29) is 29.8 Å². The Bertz CT molecular complexity index is 1150. The molecule has 0 bridgehead atoms. The minimum Gasteiger partial charge on any atom is -0.353 e. The maximum absolute atomic E-state index is 13.1. The topological polar surface area (TPSA) is 84.3 Å². The number of hydrogen-bond donors (Lipinski definition) is 1. The number of piperidine rings is 1. The Morgan fingerprint density at radius 2 is 2.10 bits per heavy atom. The van der Waals surface area contributed by atoms with Crippen LogP contribution in [0.5, 0.6) is 0 Å². The van der Waals surface area contributed by atoms with E-state index in [4.69, 9.17) is 0 Å². The summed E-state index contributed by atoms with van der Waals surface area (Å²) in [6.07, 6.45) is 5.16. The monoisotopic (exact) mass is 442 g/mol. The van der Waals surface area contributed by atoms with E-state index in [0.29, 0.717) is 29.3 Å². The lowest BCUT2D eigenvalue weighted by atomic mass is 9.97. The second-order valence-corrected chi connectivity index (χ2v) is 9.75. The van der Waals surface area contributed by atoms with E-state index in [0.717, 1.165) is 36.1 Å². The average molecular weight is 443 g/mol. The molecule has 4 heterocycles. The summed E-state index contributed by atoms with van der Waals surface area (Å²) >= 11 is 3.01. The molecule has 1 unspecified atom stereocenters. The predicted octanol–water partition coefficient (Wildman–Crippen LogP) is 2.70. The zero-order valence-electron chi connectivity index (χ0n) is 16.4. The van der Waals surface area contributed by atoms with Crippen molar-refractivity contribution in [3.8, 4) is 10.4 Å². The van der Waals surface area contributed by atoms with Crippen LogP contribution in [0.3, 0.4) is 0 Å². The van der Waals surface area contributed by atoms with Crippen molar-refractivity contribution in [3.63, 3.8) is 0 Å². The van der Waals surface area contributed by atoms with Crippen molar-refractivity contribution in [3.05, 3.63) is 39.6 Å². The first kappa shape index (κ1) is 19.4. The summed E-state index contributed by atoms with van der Waals surface area (Å²) in [6.45, 7) is 0.981. The molecule has 1 atom stereocenters. The largest absolute Gasteiger partial charge is 0.353 e. The molecule has 3 aromatic heterocycles. The highest BCUT2D eigenvalue weighted by Crippen LogP contribution is 2.33. The third-order valence-corrected chi connectivity index (χ3v) is 7.51. The zero-order chi connectivity index (χ0) is 20.7. The number of thiophene rings is 2. The molecule has 1 saturated heterocycles. The molecule has 1 saturated carbocycles. The summed E-state index contributed by atoms with van der Waals surface area (Å²) in [5, 5.41) is 7.53. The first-order valence-corrected chi connectivity index (χ1v) is 11.9. The van der Waals surface area contributed by atoms with Gasteiger partial charge in [-0.2, -0.15) is 0 Å². The molecule has 30 heavy (non-hydrogen) atoms. The number of likely N-dealkylation sites (tertiary alicyclic amines) is 1. The van der Waals surface area contributed by atoms with Crippen LogP contribution in [0.1, 0.15) is 25.7 Å². The van der Waals surface area contributed by atoms with Crippen molar-refractivity contribution in [2.24, 2.45) is 5.92 Å². The summed E-state index contributed by atoms with van der Waals surface area (Å²) in [4.78, 5) is 46.2. The van der Waals surface area contributed by atoms with Crippen molar-refractivity contribution in [2.45, 2.75) is 38.3 Å². The fraction of sp³-hybridized carbons (Fsp3) is 0.429. The maximum atomic E-state index is 13.1. The van der Waals surface area contributed by atoms with Crippen molar-refractivity contribution < 1.29 is 9.59 Å². The Hall–Kier alpha value is -2.52. The van der Waals surface area contributed by atoms with Crippen molar-refractivity contribution >= 4 is 44.7 Å². The van der Waals surface area contributed by atoms with Gasteiger partial charge in [0, 0.05) is 35.0 Å². The number of rotatable bonds is 5. The van der Waals surface area contributed by atoms with Crippen molar-refractivity contribution in [1.29, 1.82) is 0 Å². The summed E-state index contributed by atoms with van der Waals surface area (Å²) < 4.78 is 1.39. The molecule has 9 heteroatoms. The van der Waals surface area contributed by atoms with Gasteiger partial charge in [-0.25, -0.2) is 4.98 Å². The zero-order valence-corrected chi connectivity index (χ0v) is 18.0. The van der Waals surface area contributed by atoms with E-state index >= 15 is 0 Å². The molecular weight excluding hydrogens is 420 g/mol. The van der Waals surface area contributed by atoms with E-state index in [1.807, 2.05) is 22.9 Å². The minimum atomic E-state index is -0.196. The van der Waals surface area contributed by atoms with Crippen LogP contribution >= 0.6 is 22.7 Å². The molecule has 1 aliphatic heterocycles. The molecular formula is C21H22N4O3S2. The second-order valence-electron chi connectivity index (χ2n) is 7.95. The summed E-state index contributed by atoms with van der Waals surface area (Å²) in [6, 6.07) is 4.26. The molecule has 2 aliphatic rings. The van der Waals surface area contributed by atoms with Crippen LogP contribution in [0.2, 0.25) is 0 Å². The van der Waals surface area contributed by atoms with Crippen LogP contribution in [-0.4, -0.2) is 45.4 Å². The van der Waals surface area contributed by atoms with Crippen LogP contribution < -0.4 is 10.9 Å². The van der Waals surface area contributed by atoms with Gasteiger partial charge in [0.2, 0.25) is 11.8 Å². The van der Waals surface area contributed by atoms with Crippen LogP contribution in [0.25, 0.3) is 20.7 Å². The molecule has 0 radical (unpaired) electrons. The normalized spacial score (nSPS) is 19.2. The van der Waals surface area contributed by atoms with Crippen LogP contribution in [0.15, 0.2) is 34.0 Å². The molecule has 1 aliphatic carbocycles. The lowest BCUT2D eigenvalue weighted by Gasteiger charge is -2.32. The summed E-state index contributed by atoms with van der Waals surface area (Å²) in [5.74, 6) is -0.257. The standard InChI is InChI=1S/C21H22N4O3S2/c26-17(24-7-1-3-13(9-24)19(27)23-14-5-6-14)10-25-12-22-20-18(21(25)28)15(11-30-20)16-4-2-8-29-16/h2,4,8,11-14H,1,3,5-7,9-10H2,(H,23,27). The smallest absolute Gasteiger partial charge is 0.263 e. The Labute approximate surface area is 181 Å². The molecule has 2 amide bonds. The third kappa shape index (κ3) is 3.79. The summed E-state index contributed by atoms with van der Waals surface area (Å²) in [7, 11) is 0. The fourth-order valence-corrected chi connectivity index (χ4v) is 5.62. The Balaban J connectivity index is 1.34. The molecule has 3 aromatic rings. The predicted molar refractivity (Wildman–Crippen MR) is 118 cm³/mol. The Morgan fingerprint density at radius 1 is 1.23 bits per heavy atom. The molecule has 0 aromatic carbocycles. The first-order valence-electron chi connectivity index (χ1n) is 10.2. The highest BCUT2D eigenvalue weighted by Gasteiger charge is 2.32. The van der Waals surface area contributed by atoms with Gasteiger partial charge in [-0.05, 0) is 37.1 Å². The highest BCUT2D eigenvalue weighted by atomic mass is 32.1. The van der Waals surface area contributed by atoms with E-state index in [1.54, 1.807) is 16.2 Å². The van der Waals surface area contributed by atoms with Gasteiger partial charge in [-0.3, -0.25) is 19.0 Å². The number of nitrogens with zero attached hydrogens (tertiary/aromatic N) is 3. The second kappa shape index (κ2) is 7.96. The molecule has 1 N–H and O–H groups in total. The van der Waals surface area contributed by atoms with Crippen LogP contribution in [0, 0.1) is 5.92 Å². The molecule has 7 nitrogen and oxygen atoms in total. The first-order chi connectivity index (χ1) is 14.6. The lowest BCUT2D eigenvalue weighted by Crippen LogP contribution is -2.47. The van der Waals surface area contributed by atoms with Crippen molar-refractivity contribution in [2.75, 3.05) is 13.1 Å². The van der Waals surface area contributed by atoms with Crippen molar-refractivity contribution in [1.82, 2.24) is 19.8 Å². The average Bonchev–Trinajstić information content (AvgIpc) is 3.23. The summed E-state index contributed by atoms with van der Waals surface area (Å²) in [5.41, 5.74) is 0.678. The molecule has 5 rings (SSSR count). The number of aromatic nitrogens is 2. The minimum absolute atomic E-state index is 0.0501. The highest BCUT2D eigenvalue weighted by molar-refractivity contribution is 7.18. The molecule has 2 fully saturated rings. The number of amides is 2. The van der Waals surface area contributed by atoms with E-state index < -0.39 is 0 Å². The van der Waals surface area contributed by atoms with E-state index in [1.165, 1.54) is 22.2 Å². The quantitative estimate of drug-likeness (QED) is 0.659. The molecule has 0 spiro atoms. The van der Waals surface area contributed by atoms with Gasteiger partial charge in [-0.1, -0.05) is 6.07 Å². The maximum Gasteiger partial charge on any atom is 0.263 e. The van der Waals surface area contributed by atoms with Gasteiger partial charge >= 0.3 is 0 Å². The fourth-order valence-electron chi connectivity index (χ4n) is 3.90. The van der Waals surface area contributed by atoms with Gasteiger partial charge in [-0.15, -0.1) is 22.7 Å². The number of nitrogens with one attached hydrogen (secondary N) is 1. The van der Waals surface area contributed by atoms with Gasteiger partial charge in [0.05, 0.1) is 17.6 Å². The third-order valence-electron chi connectivity index (χ3n) is 5.72. The van der Waals surface area contributed by atoms with Crippen LogP contribution in [-0.2, 0) is 16.1 Å².